The quantitative estimate of drug-likeness (QED) is 0.880. The fourth-order valence-electron chi connectivity index (χ4n) is 1.36. The predicted molar refractivity (Wildman–Crippen MR) is 63.5 cm³/mol. The molecule has 0 aliphatic rings. The first-order chi connectivity index (χ1) is 8.76. The average molecular weight is 274 g/mol. The second kappa shape index (κ2) is 6.21. The van der Waals surface area contributed by atoms with Crippen LogP contribution in [-0.4, -0.2) is 24.5 Å². The van der Waals surface area contributed by atoms with Crippen LogP contribution in [0.5, 0.6) is 0 Å². The van der Waals surface area contributed by atoms with Crippen molar-refractivity contribution in [1.82, 2.24) is 5.32 Å². The molecule has 1 aromatic carbocycles. The number of anilines is 1. The van der Waals surface area contributed by atoms with E-state index in [4.69, 9.17) is 0 Å². The number of amides is 2. The summed E-state index contributed by atoms with van der Waals surface area (Å²) in [5.41, 5.74) is 1.13. The van der Waals surface area contributed by atoms with E-state index < -0.39 is 18.6 Å². The Labute approximate surface area is 108 Å². The van der Waals surface area contributed by atoms with Crippen LogP contribution < -0.4 is 10.6 Å². The molecule has 19 heavy (non-hydrogen) atoms. The average Bonchev–Trinajstić information content (AvgIpc) is 2.28. The van der Waals surface area contributed by atoms with Crippen LogP contribution in [0.4, 0.5) is 18.9 Å². The van der Waals surface area contributed by atoms with Gasteiger partial charge in [0.2, 0.25) is 11.8 Å². The van der Waals surface area contributed by atoms with Gasteiger partial charge in [0, 0.05) is 12.6 Å². The van der Waals surface area contributed by atoms with Crippen LogP contribution in [-0.2, 0) is 16.0 Å². The minimum atomic E-state index is -4.41. The van der Waals surface area contributed by atoms with E-state index in [0.29, 0.717) is 11.3 Å². The predicted octanol–water partition coefficient (Wildman–Crippen LogP) is 1.87. The number of hydrogen-bond acceptors (Lipinski definition) is 2. The van der Waals surface area contributed by atoms with Gasteiger partial charge in [-0.05, 0) is 17.7 Å². The summed E-state index contributed by atoms with van der Waals surface area (Å²) in [5.74, 6) is -0.930. The Bertz CT molecular complexity index is 455. The van der Waals surface area contributed by atoms with Crippen molar-refractivity contribution >= 4 is 17.5 Å². The maximum Gasteiger partial charge on any atom is 0.405 e. The van der Waals surface area contributed by atoms with E-state index >= 15 is 0 Å². The molecular weight excluding hydrogens is 261 g/mol. The van der Waals surface area contributed by atoms with Crippen molar-refractivity contribution in [2.75, 3.05) is 11.9 Å². The molecule has 0 heterocycles. The zero-order chi connectivity index (χ0) is 14.5. The van der Waals surface area contributed by atoms with Crippen LogP contribution in [0.25, 0.3) is 0 Å². The number of carbonyl (C=O) groups excluding carboxylic acids is 2. The Morgan fingerprint density at radius 3 is 2.21 bits per heavy atom. The third kappa shape index (κ3) is 6.44. The standard InChI is InChI=1S/C12H13F3N2O2/c1-8(18)17-10-4-2-9(3-5-10)6-11(19)16-7-12(13,14)15/h2-5H,6-7H2,1H3,(H,16,19)(H,17,18). The largest absolute Gasteiger partial charge is 0.405 e. The van der Waals surface area contributed by atoms with E-state index in [1.165, 1.54) is 6.92 Å². The van der Waals surface area contributed by atoms with Crippen LogP contribution in [0.15, 0.2) is 24.3 Å². The summed E-state index contributed by atoms with van der Waals surface area (Å²) < 4.78 is 35.6. The van der Waals surface area contributed by atoms with E-state index in [1.807, 2.05) is 0 Å². The summed E-state index contributed by atoms with van der Waals surface area (Å²) in [6, 6.07) is 6.29. The Morgan fingerprint density at radius 2 is 1.74 bits per heavy atom. The molecular formula is C12H13F3N2O2. The maximum absolute atomic E-state index is 11.9. The van der Waals surface area contributed by atoms with Gasteiger partial charge < -0.3 is 10.6 Å². The molecule has 104 valence electrons. The number of halogens is 3. The van der Waals surface area contributed by atoms with Crippen molar-refractivity contribution in [1.29, 1.82) is 0 Å². The molecule has 2 amide bonds. The molecule has 2 N–H and O–H groups in total. The molecule has 7 heteroatoms. The number of nitrogens with one attached hydrogen (secondary N) is 2. The molecule has 1 rings (SSSR count). The van der Waals surface area contributed by atoms with Gasteiger partial charge in [0.05, 0.1) is 6.42 Å². The third-order valence-electron chi connectivity index (χ3n) is 2.12. The molecule has 0 saturated carbocycles. The molecule has 0 saturated heterocycles. The van der Waals surface area contributed by atoms with E-state index in [9.17, 15) is 22.8 Å². The number of carbonyl (C=O) groups is 2. The second-order valence-corrected chi connectivity index (χ2v) is 3.95. The number of benzene rings is 1. The molecule has 0 bridgehead atoms. The Kier molecular flexibility index (Phi) is 4.91. The van der Waals surface area contributed by atoms with Crippen LogP contribution in [0.1, 0.15) is 12.5 Å². The highest BCUT2D eigenvalue weighted by atomic mass is 19.4. The van der Waals surface area contributed by atoms with Crippen LogP contribution in [0, 0.1) is 0 Å². The minimum Gasteiger partial charge on any atom is -0.347 e. The fraction of sp³-hybridized carbons (Fsp3) is 0.333. The van der Waals surface area contributed by atoms with Gasteiger partial charge in [-0.15, -0.1) is 0 Å². The van der Waals surface area contributed by atoms with Crippen molar-refractivity contribution in [3.63, 3.8) is 0 Å². The van der Waals surface area contributed by atoms with Crippen molar-refractivity contribution in [2.45, 2.75) is 19.5 Å². The Morgan fingerprint density at radius 1 is 1.16 bits per heavy atom. The van der Waals surface area contributed by atoms with Crippen LogP contribution in [0.2, 0.25) is 0 Å². The Hall–Kier alpha value is -2.05. The first kappa shape index (κ1) is 15.0. The van der Waals surface area contributed by atoms with Crippen LogP contribution in [0.3, 0.4) is 0 Å². The van der Waals surface area contributed by atoms with Gasteiger partial charge in [-0.25, -0.2) is 0 Å². The van der Waals surface area contributed by atoms with E-state index in [0.717, 1.165) is 0 Å². The monoisotopic (exact) mass is 274 g/mol. The second-order valence-electron chi connectivity index (χ2n) is 3.95. The normalized spacial score (nSPS) is 10.9. The van der Waals surface area contributed by atoms with Gasteiger partial charge in [0.1, 0.15) is 6.54 Å². The lowest BCUT2D eigenvalue weighted by atomic mass is 10.1. The summed E-state index contributed by atoms with van der Waals surface area (Å²) in [5, 5.41) is 4.33. The molecule has 0 aliphatic carbocycles. The fourth-order valence-corrected chi connectivity index (χ4v) is 1.36. The molecule has 0 atom stereocenters. The number of hydrogen-bond donors (Lipinski definition) is 2. The lowest BCUT2D eigenvalue weighted by molar-refractivity contribution is -0.138. The van der Waals surface area contributed by atoms with Gasteiger partial charge in [-0.3, -0.25) is 9.59 Å². The lowest BCUT2D eigenvalue weighted by Crippen LogP contribution is -2.34. The summed E-state index contributed by atoms with van der Waals surface area (Å²) in [4.78, 5) is 22.0. The van der Waals surface area contributed by atoms with Crippen molar-refractivity contribution < 1.29 is 22.8 Å². The van der Waals surface area contributed by atoms with Crippen molar-refractivity contribution in [3.05, 3.63) is 29.8 Å². The number of rotatable bonds is 4. The highest BCUT2D eigenvalue weighted by Gasteiger charge is 2.27. The highest BCUT2D eigenvalue weighted by Crippen LogP contribution is 2.13. The molecule has 1 aromatic rings. The third-order valence-corrected chi connectivity index (χ3v) is 2.12. The summed E-state index contributed by atoms with van der Waals surface area (Å²) in [7, 11) is 0. The smallest absolute Gasteiger partial charge is 0.347 e. The zero-order valence-electron chi connectivity index (χ0n) is 10.2. The summed E-state index contributed by atoms with van der Waals surface area (Å²) in [6.45, 7) is 0.0221. The van der Waals surface area contributed by atoms with E-state index in [1.54, 1.807) is 29.6 Å². The van der Waals surface area contributed by atoms with Gasteiger partial charge >= 0.3 is 6.18 Å². The molecule has 0 radical (unpaired) electrons. The maximum atomic E-state index is 11.9. The van der Waals surface area contributed by atoms with Gasteiger partial charge in [0.15, 0.2) is 0 Å². The summed E-state index contributed by atoms with van der Waals surface area (Å²) in [6.07, 6.45) is -4.55. The van der Waals surface area contributed by atoms with E-state index in [-0.39, 0.29) is 12.3 Å². The molecule has 0 spiro atoms. The molecule has 0 aromatic heterocycles. The SMILES string of the molecule is CC(=O)Nc1ccc(CC(=O)NCC(F)(F)F)cc1. The van der Waals surface area contributed by atoms with Crippen LogP contribution >= 0.6 is 0 Å². The highest BCUT2D eigenvalue weighted by molar-refractivity contribution is 5.88. The molecule has 0 fully saturated rings. The minimum absolute atomic E-state index is 0.142. The first-order valence-electron chi connectivity index (χ1n) is 5.46. The van der Waals surface area contributed by atoms with Crippen molar-refractivity contribution in [2.24, 2.45) is 0 Å². The van der Waals surface area contributed by atoms with E-state index in [2.05, 4.69) is 5.32 Å². The van der Waals surface area contributed by atoms with Gasteiger partial charge in [-0.1, -0.05) is 12.1 Å². The molecule has 0 unspecified atom stereocenters. The Balaban J connectivity index is 2.49. The topological polar surface area (TPSA) is 58.2 Å². The lowest BCUT2D eigenvalue weighted by Gasteiger charge is -2.08. The first-order valence-corrected chi connectivity index (χ1v) is 5.46. The van der Waals surface area contributed by atoms with Gasteiger partial charge in [-0.2, -0.15) is 13.2 Å². The molecule has 0 aliphatic heterocycles. The van der Waals surface area contributed by atoms with Crippen molar-refractivity contribution in [3.8, 4) is 0 Å². The summed E-state index contributed by atoms with van der Waals surface area (Å²) >= 11 is 0. The van der Waals surface area contributed by atoms with Gasteiger partial charge in [0.25, 0.3) is 0 Å². The zero-order valence-corrected chi connectivity index (χ0v) is 10.2. The number of alkyl halides is 3. The molecule has 4 nitrogen and oxygen atoms in total.